The van der Waals surface area contributed by atoms with Gasteiger partial charge >= 0.3 is 12.6 Å². The Morgan fingerprint density at radius 3 is 2.32 bits per heavy atom. The molecule has 1 aliphatic heterocycles. The van der Waals surface area contributed by atoms with Gasteiger partial charge in [-0.2, -0.15) is 8.78 Å². The van der Waals surface area contributed by atoms with Gasteiger partial charge in [-0.3, -0.25) is 9.69 Å². The van der Waals surface area contributed by atoms with E-state index in [4.69, 9.17) is 4.74 Å². The molecule has 0 aromatic heterocycles. The zero-order chi connectivity index (χ0) is 22.2. The van der Waals surface area contributed by atoms with E-state index in [-0.39, 0.29) is 17.2 Å². The number of benzene rings is 2. The number of alkyl halides is 2. The van der Waals surface area contributed by atoms with E-state index < -0.39 is 12.6 Å². The highest BCUT2D eigenvalue weighted by atomic mass is 19.3. The zero-order valence-corrected chi connectivity index (χ0v) is 17.1. The molecule has 0 radical (unpaired) electrons. The molecular formula is C22H24F2N2O5. The first-order chi connectivity index (χ1) is 15.0. The summed E-state index contributed by atoms with van der Waals surface area (Å²) in [6.07, 6.45) is 0. The molecule has 0 saturated carbocycles. The van der Waals surface area contributed by atoms with Gasteiger partial charge in [0.25, 0.3) is 5.91 Å². The number of halogens is 2. The average molecular weight is 434 g/mol. The van der Waals surface area contributed by atoms with Crippen molar-refractivity contribution in [1.29, 1.82) is 0 Å². The Morgan fingerprint density at radius 1 is 1.00 bits per heavy atom. The minimum Gasteiger partial charge on any atom is -0.492 e. The lowest BCUT2D eigenvalue weighted by molar-refractivity contribution is -0.0503. The Balaban J connectivity index is 1.45. The highest BCUT2D eigenvalue weighted by Crippen LogP contribution is 2.22. The average Bonchev–Trinajstić information content (AvgIpc) is 2.79. The standard InChI is InChI=1S/C22H24F2N2O5/c1-29-21(28)16-6-8-17(9-7-16)30-15-14-25-10-12-26(13-11-25)20(27)18-4-2-3-5-19(18)31-22(23)24/h2-9,22H,10-15H2,1H3. The Kier molecular flexibility index (Phi) is 7.77. The Labute approximate surface area is 179 Å². The second-order valence-corrected chi connectivity index (χ2v) is 6.87. The van der Waals surface area contributed by atoms with Crippen LogP contribution in [0.2, 0.25) is 0 Å². The number of nitrogens with zero attached hydrogens (tertiary/aromatic N) is 2. The van der Waals surface area contributed by atoms with Gasteiger partial charge in [-0.05, 0) is 36.4 Å². The van der Waals surface area contributed by atoms with Crippen molar-refractivity contribution in [1.82, 2.24) is 9.80 Å². The summed E-state index contributed by atoms with van der Waals surface area (Å²) in [6.45, 7) is 0.401. The first-order valence-corrected chi connectivity index (χ1v) is 9.84. The van der Waals surface area contributed by atoms with Gasteiger partial charge in [0.2, 0.25) is 0 Å². The third kappa shape index (κ3) is 6.14. The predicted octanol–water partition coefficient (Wildman–Crippen LogP) is 2.91. The summed E-state index contributed by atoms with van der Waals surface area (Å²) >= 11 is 0. The summed E-state index contributed by atoms with van der Waals surface area (Å²) in [6, 6.07) is 12.7. The van der Waals surface area contributed by atoms with E-state index >= 15 is 0 Å². The van der Waals surface area contributed by atoms with Crippen molar-refractivity contribution in [2.24, 2.45) is 0 Å². The molecule has 0 bridgehead atoms. The van der Waals surface area contributed by atoms with E-state index in [9.17, 15) is 18.4 Å². The molecule has 1 amide bonds. The molecule has 1 heterocycles. The van der Waals surface area contributed by atoms with Crippen LogP contribution in [0.4, 0.5) is 8.78 Å². The lowest BCUT2D eigenvalue weighted by Crippen LogP contribution is -2.49. The molecule has 1 fully saturated rings. The smallest absolute Gasteiger partial charge is 0.387 e. The molecule has 1 saturated heterocycles. The van der Waals surface area contributed by atoms with Crippen LogP contribution in [0.15, 0.2) is 48.5 Å². The maximum Gasteiger partial charge on any atom is 0.387 e. The monoisotopic (exact) mass is 434 g/mol. The molecular weight excluding hydrogens is 410 g/mol. The van der Waals surface area contributed by atoms with Crippen molar-refractivity contribution in [2.45, 2.75) is 6.61 Å². The van der Waals surface area contributed by atoms with Crippen LogP contribution in [-0.2, 0) is 4.74 Å². The van der Waals surface area contributed by atoms with Crippen LogP contribution in [0.5, 0.6) is 11.5 Å². The van der Waals surface area contributed by atoms with Crippen molar-refractivity contribution in [3.63, 3.8) is 0 Å². The lowest BCUT2D eigenvalue weighted by Gasteiger charge is -2.34. The van der Waals surface area contributed by atoms with Crippen LogP contribution in [0.1, 0.15) is 20.7 Å². The lowest BCUT2D eigenvalue weighted by atomic mass is 10.1. The normalized spacial score (nSPS) is 14.4. The van der Waals surface area contributed by atoms with Gasteiger partial charge in [-0.15, -0.1) is 0 Å². The van der Waals surface area contributed by atoms with Crippen LogP contribution in [-0.4, -0.2) is 74.7 Å². The summed E-state index contributed by atoms with van der Waals surface area (Å²) in [7, 11) is 1.33. The molecule has 166 valence electrons. The number of rotatable bonds is 8. The first-order valence-electron chi connectivity index (χ1n) is 9.84. The fourth-order valence-electron chi connectivity index (χ4n) is 3.28. The fraction of sp³-hybridized carbons (Fsp3) is 0.364. The Morgan fingerprint density at radius 2 is 1.68 bits per heavy atom. The molecule has 9 heteroatoms. The molecule has 0 spiro atoms. The molecule has 0 atom stereocenters. The summed E-state index contributed by atoms with van der Waals surface area (Å²) in [4.78, 5) is 28.0. The number of carbonyl (C=O) groups is 2. The summed E-state index contributed by atoms with van der Waals surface area (Å²) in [5.41, 5.74) is 0.589. The SMILES string of the molecule is COC(=O)c1ccc(OCCN2CCN(C(=O)c3ccccc3OC(F)F)CC2)cc1. The van der Waals surface area contributed by atoms with Crippen molar-refractivity contribution in [2.75, 3.05) is 46.4 Å². The summed E-state index contributed by atoms with van der Waals surface area (Å²) in [5.74, 6) is -0.186. The van der Waals surface area contributed by atoms with Gasteiger partial charge < -0.3 is 19.1 Å². The first kappa shape index (κ1) is 22.5. The number of esters is 1. The van der Waals surface area contributed by atoms with Gasteiger partial charge in [0, 0.05) is 32.7 Å². The van der Waals surface area contributed by atoms with Crippen molar-refractivity contribution < 1.29 is 32.6 Å². The van der Waals surface area contributed by atoms with Crippen LogP contribution in [0.25, 0.3) is 0 Å². The minimum atomic E-state index is -2.98. The molecule has 0 unspecified atom stereocenters. The largest absolute Gasteiger partial charge is 0.492 e. The van der Waals surface area contributed by atoms with E-state index in [1.807, 2.05) is 0 Å². The van der Waals surface area contributed by atoms with Gasteiger partial charge in [0.15, 0.2) is 0 Å². The maximum atomic E-state index is 12.7. The van der Waals surface area contributed by atoms with E-state index in [1.54, 1.807) is 41.3 Å². The molecule has 31 heavy (non-hydrogen) atoms. The zero-order valence-electron chi connectivity index (χ0n) is 17.1. The van der Waals surface area contributed by atoms with E-state index in [0.717, 1.165) is 0 Å². The van der Waals surface area contributed by atoms with Crippen molar-refractivity contribution in [3.05, 3.63) is 59.7 Å². The Hall–Kier alpha value is -3.20. The van der Waals surface area contributed by atoms with E-state index in [0.29, 0.717) is 50.6 Å². The third-order valence-electron chi connectivity index (χ3n) is 4.94. The quantitative estimate of drug-likeness (QED) is 0.596. The van der Waals surface area contributed by atoms with Gasteiger partial charge in [0.05, 0.1) is 18.2 Å². The highest BCUT2D eigenvalue weighted by molar-refractivity contribution is 5.97. The van der Waals surface area contributed by atoms with Crippen LogP contribution >= 0.6 is 0 Å². The third-order valence-corrected chi connectivity index (χ3v) is 4.94. The number of hydrogen-bond acceptors (Lipinski definition) is 6. The molecule has 0 aliphatic carbocycles. The van der Waals surface area contributed by atoms with E-state index in [1.165, 1.54) is 19.2 Å². The van der Waals surface area contributed by atoms with Crippen LogP contribution < -0.4 is 9.47 Å². The number of hydrogen-bond donors (Lipinski definition) is 0. The van der Waals surface area contributed by atoms with E-state index in [2.05, 4.69) is 14.4 Å². The van der Waals surface area contributed by atoms with Crippen molar-refractivity contribution >= 4 is 11.9 Å². The summed E-state index contributed by atoms with van der Waals surface area (Å²) < 4.78 is 40.0. The molecule has 2 aromatic carbocycles. The highest BCUT2D eigenvalue weighted by Gasteiger charge is 2.25. The topological polar surface area (TPSA) is 68.3 Å². The molecule has 3 rings (SSSR count). The number of methoxy groups -OCH3 is 1. The van der Waals surface area contributed by atoms with Gasteiger partial charge in [-0.25, -0.2) is 4.79 Å². The maximum absolute atomic E-state index is 12.7. The predicted molar refractivity (Wildman–Crippen MR) is 109 cm³/mol. The Bertz CT molecular complexity index is 884. The molecule has 7 nitrogen and oxygen atoms in total. The second kappa shape index (κ2) is 10.7. The molecule has 0 N–H and O–H groups in total. The van der Waals surface area contributed by atoms with Crippen LogP contribution in [0, 0.1) is 0 Å². The van der Waals surface area contributed by atoms with Crippen molar-refractivity contribution in [3.8, 4) is 11.5 Å². The second-order valence-electron chi connectivity index (χ2n) is 6.87. The van der Waals surface area contributed by atoms with Gasteiger partial charge in [-0.1, -0.05) is 12.1 Å². The number of amides is 1. The number of para-hydroxylation sites is 1. The fourth-order valence-corrected chi connectivity index (χ4v) is 3.28. The number of ether oxygens (including phenoxy) is 3. The number of piperazine rings is 1. The molecule has 1 aliphatic rings. The van der Waals surface area contributed by atoms with Crippen LogP contribution in [0.3, 0.4) is 0 Å². The minimum absolute atomic E-state index is 0.114. The summed E-state index contributed by atoms with van der Waals surface area (Å²) in [5, 5.41) is 0. The van der Waals surface area contributed by atoms with Gasteiger partial charge in [0.1, 0.15) is 18.1 Å². The number of carbonyl (C=O) groups excluding carboxylic acids is 2. The molecule has 2 aromatic rings.